The largest absolute Gasteiger partial charge is 0.472 e. The van der Waals surface area contributed by atoms with Gasteiger partial charge in [0.1, 0.15) is 6.10 Å². The van der Waals surface area contributed by atoms with Crippen LogP contribution in [0.15, 0.2) is 43.1 Å². The lowest BCUT2D eigenvalue weighted by molar-refractivity contribution is -0.153. The van der Waals surface area contributed by atoms with E-state index in [0.29, 0.717) is 25.1 Å². The van der Waals surface area contributed by atoms with Crippen LogP contribution in [0, 0.1) is 29.1 Å². The zero-order valence-corrected chi connectivity index (χ0v) is 30.9. The Morgan fingerprint density at radius 1 is 1.08 bits per heavy atom. The maximum Gasteiger partial charge on any atom is 0.306 e. The first-order valence-corrected chi connectivity index (χ1v) is 20.7. The Morgan fingerprint density at radius 3 is 2.60 bits per heavy atom. The number of rotatable bonds is 8. The van der Waals surface area contributed by atoms with Gasteiger partial charge in [-0.25, -0.2) is 13.4 Å². The molecule has 4 bridgehead atoms. The number of nitrogens with zero attached hydrogens (tertiary/aromatic N) is 2. The van der Waals surface area contributed by atoms with Gasteiger partial charge in [-0.2, -0.15) is 0 Å². The van der Waals surface area contributed by atoms with Gasteiger partial charge in [-0.15, -0.1) is 6.58 Å². The molecule has 0 radical (unpaired) electrons. The van der Waals surface area contributed by atoms with Gasteiger partial charge < -0.3 is 14.4 Å². The number of aryl methyl sites for hydroxylation is 1. The van der Waals surface area contributed by atoms with Crippen molar-refractivity contribution in [3.8, 4) is 5.88 Å². The third kappa shape index (κ3) is 7.77. The Morgan fingerprint density at radius 2 is 1.87 bits per heavy atom. The first-order chi connectivity index (χ1) is 25.0. The Labute approximate surface area is 306 Å². The zero-order chi connectivity index (χ0) is 36.6. The normalized spacial score (nSPS) is 30.6. The van der Waals surface area contributed by atoms with E-state index in [1.165, 1.54) is 0 Å². The van der Waals surface area contributed by atoms with E-state index in [0.717, 1.165) is 67.7 Å². The first-order valence-electron chi connectivity index (χ1n) is 19.2. The van der Waals surface area contributed by atoms with Gasteiger partial charge in [0, 0.05) is 24.4 Å². The van der Waals surface area contributed by atoms with E-state index in [9.17, 15) is 27.6 Å². The number of allylic oxidation sites excluding steroid dienone is 1. The van der Waals surface area contributed by atoms with Crippen LogP contribution in [0.4, 0.5) is 0 Å². The summed E-state index contributed by atoms with van der Waals surface area (Å²) in [5.41, 5.74) is -0.117. The summed E-state index contributed by atoms with van der Waals surface area (Å²) in [5, 5.41) is 1.24. The predicted molar refractivity (Wildman–Crippen MR) is 194 cm³/mol. The highest BCUT2D eigenvalue weighted by molar-refractivity contribution is 7.90. The van der Waals surface area contributed by atoms with E-state index >= 15 is 0 Å². The number of pyridine rings is 1. The summed E-state index contributed by atoms with van der Waals surface area (Å²) in [6.45, 7) is 6.30. The molecule has 3 aliphatic carbocycles. The van der Waals surface area contributed by atoms with E-state index in [1.54, 1.807) is 17.2 Å². The van der Waals surface area contributed by atoms with E-state index in [4.69, 9.17) is 9.47 Å². The minimum atomic E-state index is -3.83. The monoisotopic (exact) mass is 733 g/mol. The average Bonchev–Trinajstić information content (AvgIpc) is 4.06. The summed E-state index contributed by atoms with van der Waals surface area (Å²) in [6.07, 6.45) is 11.2. The van der Waals surface area contributed by atoms with Gasteiger partial charge in [-0.1, -0.05) is 44.4 Å². The second-order valence-electron chi connectivity index (χ2n) is 16.1. The molecular formula is C40H51N3O8S. The third-order valence-electron chi connectivity index (χ3n) is 12.2. The highest BCUT2D eigenvalue weighted by Gasteiger charge is 2.61. The van der Waals surface area contributed by atoms with Crippen LogP contribution in [0.5, 0.6) is 5.88 Å². The maximum absolute atomic E-state index is 14.8. The fourth-order valence-corrected chi connectivity index (χ4v) is 10.1. The molecule has 0 spiro atoms. The quantitative estimate of drug-likeness (QED) is 0.276. The molecule has 5 aliphatic rings. The summed E-state index contributed by atoms with van der Waals surface area (Å²) in [5.74, 6) is -2.17. The van der Waals surface area contributed by atoms with Gasteiger partial charge in [-0.3, -0.25) is 23.9 Å². The lowest BCUT2D eigenvalue weighted by atomic mass is 9.77. The van der Waals surface area contributed by atoms with Crippen LogP contribution in [-0.2, 0) is 40.4 Å². The summed E-state index contributed by atoms with van der Waals surface area (Å²) < 4.78 is 40.1. The predicted octanol–water partition coefficient (Wildman–Crippen LogP) is 5.45. The molecular weight excluding hydrogens is 683 g/mol. The summed E-state index contributed by atoms with van der Waals surface area (Å²) in [6, 6.07) is 7.24. The molecule has 2 amide bonds. The number of hydrogen-bond donors (Lipinski definition) is 1. The lowest BCUT2D eigenvalue weighted by Crippen LogP contribution is -2.48. The van der Waals surface area contributed by atoms with Crippen LogP contribution in [0.2, 0.25) is 0 Å². The number of aromatic nitrogens is 1. The second-order valence-corrected chi connectivity index (χ2v) is 18.0. The van der Waals surface area contributed by atoms with Crippen LogP contribution in [0.3, 0.4) is 0 Å². The third-order valence-corrected chi connectivity index (χ3v) is 14.0. The van der Waals surface area contributed by atoms with Crippen molar-refractivity contribution >= 4 is 44.4 Å². The number of carbonyl (C=O) groups is 4. The molecule has 1 saturated heterocycles. The number of amides is 2. The van der Waals surface area contributed by atoms with Crippen molar-refractivity contribution in [3.05, 3.63) is 48.7 Å². The fourth-order valence-electron chi connectivity index (χ4n) is 8.75. The Kier molecular flexibility index (Phi) is 10.5. The van der Waals surface area contributed by atoms with E-state index < -0.39 is 50.6 Å². The molecule has 3 saturated carbocycles. The smallest absolute Gasteiger partial charge is 0.306 e. The molecule has 3 heterocycles. The number of esters is 1. The summed E-state index contributed by atoms with van der Waals surface area (Å²) in [7, 11) is -3.83. The van der Waals surface area contributed by atoms with Crippen LogP contribution in [0.25, 0.3) is 10.8 Å². The van der Waals surface area contributed by atoms with Gasteiger partial charge >= 0.3 is 5.97 Å². The van der Waals surface area contributed by atoms with Gasteiger partial charge in [0.2, 0.25) is 27.7 Å². The molecule has 1 aromatic heterocycles. The molecule has 280 valence electrons. The molecule has 1 N–H and O–H groups in total. The maximum atomic E-state index is 14.8. The topological polar surface area (TPSA) is 149 Å². The van der Waals surface area contributed by atoms with Crippen molar-refractivity contribution in [1.29, 1.82) is 0 Å². The fraction of sp³-hybridized carbons (Fsp3) is 0.625. The number of benzene rings is 1. The number of fused-ring (bicyclic) bond motifs is 3. The van der Waals surface area contributed by atoms with Crippen LogP contribution < -0.4 is 9.46 Å². The number of sulfonamides is 1. The molecule has 2 aromatic rings. The molecule has 0 unspecified atom stereocenters. The molecule has 2 aliphatic heterocycles. The standard InChI is InChI=1S/C40H51N3O8S/c1-3-29-21-40(29,39(47)42-52(48,49)31-14-15-31)22-35(44)34-19-30-23-43(34)38(46)33(27-10-5-4-6-11-27)20-36(45)50-24-25(2)8-7-9-26-12-13-28-16-17-41-37(51-30)32(28)18-26/h3,12-13,16-18,25,27,29-31,33-34H,1,4-11,14-15,19-24H2,2H3,(H,42,47)/t25-,29+,30+,33-,34-,40+/m0/s1. The van der Waals surface area contributed by atoms with Crippen LogP contribution in [-0.4, -0.2) is 72.4 Å². The van der Waals surface area contributed by atoms with E-state index in [-0.39, 0.29) is 61.9 Å². The number of cyclic esters (lactones) is 1. The average molecular weight is 734 g/mol. The molecule has 1 aromatic carbocycles. The lowest BCUT2D eigenvalue weighted by Gasteiger charge is -2.34. The number of ether oxygens (including phenoxy) is 2. The molecule has 11 nitrogen and oxygen atoms in total. The minimum absolute atomic E-state index is 0.0241. The van der Waals surface area contributed by atoms with Crippen molar-refractivity contribution in [2.24, 2.45) is 29.1 Å². The number of hydrogen-bond acceptors (Lipinski definition) is 9. The van der Waals surface area contributed by atoms with Crippen LogP contribution >= 0.6 is 0 Å². The van der Waals surface area contributed by atoms with Gasteiger partial charge in [0.15, 0.2) is 5.78 Å². The van der Waals surface area contributed by atoms with Gasteiger partial charge in [0.05, 0.1) is 42.2 Å². The molecule has 7 rings (SSSR count). The SMILES string of the molecule is C=C[C@@H]1C[C@]1(CC(=O)[C@@H]1C[C@@H]2CN1C(=O)[C@H](C1CCCCC1)CC(=O)OC[C@@H](C)CCCc1ccc3ccnc(c3c1)O2)C(=O)NS(=O)(=O)C1CC1. The van der Waals surface area contributed by atoms with Crippen molar-refractivity contribution in [2.45, 2.75) is 114 Å². The Balaban J connectivity index is 1.21. The minimum Gasteiger partial charge on any atom is -0.472 e. The number of ketones is 1. The molecule has 52 heavy (non-hydrogen) atoms. The van der Waals surface area contributed by atoms with Crippen molar-refractivity contribution in [3.63, 3.8) is 0 Å². The van der Waals surface area contributed by atoms with Crippen molar-refractivity contribution in [1.82, 2.24) is 14.6 Å². The highest BCUT2D eigenvalue weighted by Crippen LogP contribution is 2.57. The highest BCUT2D eigenvalue weighted by atomic mass is 32.2. The van der Waals surface area contributed by atoms with Crippen molar-refractivity contribution < 1.29 is 37.1 Å². The summed E-state index contributed by atoms with van der Waals surface area (Å²) in [4.78, 5) is 62.4. The Hall–Kier alpha value is -3.80. The number of nitrogens with one attached hydrogen (secondary N) is 1. The van der Waals surface area contributed by atoms with Crippen LogP contribution in [0.1, 0.15) is 96.0 Å². The van der Waals surface area contributed by atoms with Crippen molar-refractivity contribution in [2.75, 3.05) is 13.2 Å². The van der Waals surface area contributed by atoms with Gasteiger partial charge in [0.25, 0.3) is 0 Å². The number of Topliss-reactive ketones (excluding diaryl/α,β-unsaturated/α-hetero) is 1. The molecule has 6 atom stereocenters. The first kappa shape index (κ1) is 36.6. The summed E-state index contributed by atoms with van der Waals surface area (Å²) >= 11 is 0. The Bertz CT molecular complexity index is 1840. The molecule has 12 heteroatoms. The van der Waals surface area contributed by atoms with E-state index in [2.05, 4.69) is 35.3 Å². The number of carbonyl (C=O) groups excluding carboxylic acids is 4. The van der Waals surface area contributed by atoms with Gasteiger partial charge in [-0.05, 0) is 92.2 Å². The second kappa shape index (κ2) is 14.9. The molecule has 4 fully saturated rings. The zero-order valence-electron chi connectivity index (χ0n) is 30.1. The van der Waals surface area contributed by atoms with E-state index in [1.807, 2.05) is 12.1 Å².